The Balaban J connectivity index is 1.65. The zero-order valence-electron chi connectivity index (χ0n) is 14.6. The largest absolute Gasteiger partial charge is 0.398 e. The molecule has 1 aromatic carbocycles. The maximum absolute atomic E-state index is 12.7. The molecule has 0 atom stereocenters. The van der Waals surface area contributed by atoms with Gasteiger partial charge in [0.05, 0.1) is 6.26 Å². The fraction of sp³-hybridized carbons (Fsp3) is 0.333. The first kappa shape index (κ1) is 18.3. The van der Waals surface area contributed by atoms with E-state index in [1.807, 2.05) is 12.1 Å². The Morgan fingerprint density at radius 2 is 1.85 bits per heavy atom. The molecule has 3 N–H and O–H groups in total. The number of piperidine rings is 1. The lowest BCUT2D eigenvalue weighted by Gasteiger charge is -2.32. The smallest absolute Gasteiger partial charge is 0.253 e. The molecule has 8 heteroatoms. The molecule has 3 rings (SSSR count). The number of nitrogen functional groups attached to an aromatic ring is 1. The standard InChI is InChI=1S/C18H22N4O3S/c1-26(24,25)21-15-7-10-22(11-8-15)18(23)14-4-2-13(3-5-14)16-12-20-9-6-17(16)19/h2-6,9,12,15,21H,7-8,10-11H2,1H3,(H2,19,20). The van der Waals surface area contributed by atoms with Crippen molar-refractivity contribution < 1.29 is 13.2 Å². The van der Waals surface area contributed by atoms with Crippen LogP contribution in [0.3, 0.4) is 0 Å². The lowest BCUT2D eigenvalue weighted by molar-refractivity contribution is 0.0711. The summed E-state index contributed by atoms with van der Waals surface area (Å²) in [5.41, 5.74) is 8.94. The van der Waals surface area contributed by atoms with Crippen LogP contribution in [0.2, 0.25) is 0 Å². The average molecular weight is 374 g/mol. The molecule has 0 bridgehead atoms. The van der Waals surface area contributed by atoms with Crippen molar-refractivity contribution in [1.82, 2.24) is 14.6 Å². The molecule has 0 spiro atoms. The van der Waals surface area contributed by atoms with Crippen LogP contribution in [0.15, 0.2) is 42.7 Å². The number of nitrogens with one attached hydrogen (secondary N) is 1. The number of carbonyl (C=O) groups is 1. The number of anilines is 1. The first-order valence-corrected chi connectivity index (χ1v) is 10.3. The van der Waals surface area contributed by atoms with E-state index in [0.717, 1.165) is 17.4 Å². The lowest BCUT2D eigenvalue weighted by Crippen LogP contribution is -2.46. The molecule has 0 radical (unpaired) electrons. The molecular formula is C18H22N4O3S. The van der Waals surface area contributed by atoms with E-state index >= 15 is 0 Å². The van der Waals surface area contributed by atoms with Gasteiger partial charge in [-0.25, -0.2) is 13.1 Å². The third-order valence-corrected chi connectivity index (χ3v) is 5.22. The van der Waals surface area contributed by atoms with Crippen molar-refractivity contribution in [3.8, 4) is 11.1 Å². The van der Waals surface area contributed by atoms with Crippen molar-refractivity contribution in [3.05, 3.63) is 48.3 Å². The van der Waals surface area contributed by atoms with Gasteiger partial charge in [-0.3, -0.25) is 9.78 Å². The van der Waals surface area contributed by atoms with Crippen LogP contribution in [0, 0.1) is 0 Å². The van der Waals surface area contributed by atoms with Gasteiger partial charge in [0.2, 0.25) is 10.0 Å². The summed E-state index contributed by atoms with van der Waals surface area (Å²) >= 11 is 0. The fourth-order valence-corrected chi connectivity index (χ4v) is 3.97. The number of amides is 1. The van der Waals surface area contributed by atoms with E-state index in [1.54, 1.807) is 35.5 Å². The molecule has 138 valence electrons. The molecule has 2 aromatic rings. The van der Waals surface area contributed by atoms with E-state index in [2.05, 4.69) is 9.71 Å². The number of hydrogen-bond donors (Lipinski definition) is 2. The Bertz CT molecular complexity index is 889. The second kappa shape index (κ2) is 7.43. The van der Waals surface area contributed by atoms with Crippen molar-refractivity contribution in [1.29, 1.82) is 0 Å². The predicted molar refractivity (Wildman–Crippen MR) is 101 cm³/mol. The number of sulfonamides is 1. The molecule has 1 aromatic heterocycles. The summed E-state index contributed by atoms with van der Waals surface area (Å²) in [4.78, 5) is 18.5. The number of nitrogens with two attached hydrogens (primary N) is 1. The summed E-state index contributed by atoms with van der Waals surface area (Å²) in [5.74, 6) is -0.0477. The van der Waals surface area contributed by atoms with Crippen molar-refractivity contribution in [2.45, 2.75) is 18.9 Å². The monoisotopic (exact) mass is 374 g/mol. The molecular weight excluding hydrogens is 352 g/mol. The number of aromatic nitrogens is 1. The number of rotatable bonds is 4. The van der Waals surface area contributed by atoms with Gasteiger partial charge < -0.3 is 10.6 Å². The Morgan fingerprint density at radius 1 is 1.19 bits per heavy atom. The Hall–Kier alpha value is -2.45. The zero-order valence-corrected chi connectivity index (χ0v) is 15.4. The van der Waals surface area contributed by atoms with E-state index in [4.69, 9.17) is 5.73 Å². The summed E-state index contributed by atoms with van der Waals surface area (Å²) in [5, 5.41) is 0. The first-order chi connectivity index (χ1) is 12.3. The molecule has 26 heavy (non-hydrogen) atoms. The summed E-state index contributed by atoms with van der Waals surface area (Å²) in [6.45, 7) is 1.06. The highest BCUT2D eigenvalue weighted by Gasteiger charge is 2.25. The minimum absolute atomic E-state index is 0.0477. The van der Waals surface area contributed by atoms with Crippen molar-refractivity contribution >= 4 is 21.6 Å². The third kappa shape index (κ3) is 4.39. The molecule has 1 aliphatic heterocycles. The van der Waals surface area contributed by atoms with Gasteiger partial charge in [-0.15, -0.1) is 0 Å². The SMILES string of the molecule is CS(=O)(=O)NC1CCN(C(=O)c2ccc(-c3cnccc3N)cc2)CC1. The summed E-state index contributed by atoms with van der Waals surface area (Å²) in [7, 11) is -3.22. The van der Waals surface area contributed by atoms with Crippen molar-refractivity contribution in [2.75, 3.05) is 25.1 Å². The molecule has 1 fully saturated rings. The molecule has 0 aliphatic carbocycles. The van der Waals surface area contributed by atoms with Gasteiger partial charge in [-0.1, -0.05) is 12.1 Å². The lowest BCUT2D eigenvalue weighted by atomic mass is 10.0. The molecule has 2 heterocycles. The Kier molecular flexibility index (Phi) is 5.24. The number of hydrogen-bond acceptors (Lipinski definition) is 5. The van der Waals surface area contributed by atoms with E-state index in [-0.39, 0.29) is 11.9 Å². The van der Waals surface area contributed by atoms with Gasteiger partial charge >= 0.3 is 0 Å². The summed E-state index contributed by atoms with van der Waals surface area (Å²) < 4.78 is 25.2. The van der Waals surface area contributed by atoms with Gasteiger partial charge in [-0.05, 0) is 36.6 Å². The predicted octanol–water partition coefficient (Wildman–Crippen LogP) is 1.48. The summed E-state index contributed by atoms with van der Waals surface area (Å²) in [6.07, 6.45) is 5.72. The highest BCUT2D eigenvalue weighted by Crippen LogP contribution is 2.25. The maximum Gasteiger partial charge on any atom is 0.253 e. The van der Waals surface area contributed by atoms with Crippen LogP contribution < -0.4 is 10.5 Å². The number of pyridine rings is 1. The van der Waals surface area contributed by atoms with Crippen LogP contribution in [0.4, 0.5) is 5.69 Å². The Morgan fingerprint density at radius 3 is 2.42 bits per heavy atom. The number of likely N-dealkylation sites (tertiary alicyclic amines) is 1. The molecule has 7 nitrogen and oxygen atoms in total. The van der Waals surface area contributed by atoms with Gasteiger partial charge in [0.15, 0.2) is 0 Å². The van der Waals surface area contributed by atoms with Crippen LogP contribution in [0.1, 0.15) is 23.2 Å². The van der Waals surface area contributed by atoms with Gasteiger partial charge in [-0.2, -0.15) is 0 Å². The van der Waals surface area contributed by atoms with Gasteiger partial charge in [0, 0.05) is 48.3 Å². The Labute approximate surface area is 153 Å². The van der Waals surface area contributed by atoms with E-state index in [1.165, 1.54) is 0 Å². The van der Waals surface area contributed by atoms with E-state index < -0.39 is 10.0 Å². The minimum Gasteiger partial charge on any atom is -0.398 e. The van der Waals surface area contributed by atoms with Crippen molar-refractivity contribution in [3.63, 3.8) is 0 Å². The maximum atomic E-state index is 12.7. The van der Waals surface area contributed by atoms with Crippen LogP contribution in [-0.4, -0.2) is 49.6 Å². The average Bonchev–Trinajstić information content (AvgIpc) is 2.61. The first-order valence-electron chi connectivity index (χ1n) is 8.40. The fourth-order valence-electron chi connectivity index (χ4n) is 3.12. The van der Waals surface area contributed by atoms with Crippen LogP contribution in [-0.2, 0) is 10.0 Å². The minimum atomic E-state index is -3.22. The highest BCUT2D eigenvalue weighted by molar-refractivity contribution is 7.88. The molecule has 1 amide bonds. The zero-order chi connectivity index (χ0) is 18.7. The topological polar surface area (TPSA) is 105 Å². The number of carbonyl (C=O) groups excluding carboxylic acids is 1. The van der Waals surface area contributed by atoms with Crippen molar-refractivity contribution in [2.24, 2.45) is 0 Å². The molecule has 1 aliphatic rings. The number of benzene rings is 1. The van der Waals surface area contributed by atoms with Gasteiger partial charge in [0.25, 0.3) is 5.91 Å². The molecule has 0 saturated carbocycles. The summed E-state index contributed by atoms with van der Waals surface area (Å²) in [6, 6.07) is 8.92. The number of nitrogens with zero attached hydrogens (tertiary/aromatic N) is 2. The third-order valence-electron chi connectivity index (χ3n) is 4.46. The van der Waals surface area contributed by atoms with Crippen LogP contribution >= 0.6 is 0 Å². The van der Waals surface area contributed by atoms with Gasteiger partial charge in [0.1, 0.15) is 0 Å². The van der Waals surface area contributed by atoms with Crippen LogP contribution in [0.25, 0.3) is 11.1 Å². The van der Waals surface area contributed by atoms with E-state index in [0.29, 0.717) is 37.2 Å². The molecule has 0 unspecified atom stereocenters. The second-order valence-electron chi connectivity index (χ2n) is 6.50. The second-order valence-corrected chi connectivity index (χ2v) is 8.28. The van der Waals surface area contributed by atoms with E-state index in [9.17, 15) is 13.2 Å². The van der Waals surface area contributed by atoms with Crippen LogP contribution in [0.5, 0.6) is 0 Å². The quantitative estimate of drug-likeness (QED) is 0.843. The molecule has 1 saturated heterocycles. The highest BCUT2D eigenvalue weighted by atomic mass is 32.2. The normalized spacial score (nSPS) is 15.8.